The van der Waals surface area contributed by atoms with Gasteiger partial charge < -0.3 is 41.5 Å². The molecule has 0 spiro atoms. The van der Waals surface area contributed by atoms with Crippen LogP contribution in [0.4, 0.5) is 34.1 Å². The lowest BCUT2D eigenvalue weighted by molar-refractivity contribution is 0.145. The van der Waals surface area contributed by atoms with Gasteiger partial charge in [0, 0.05) is 69.5 Å². The lowest BCUT2D eigenvalue weighted by atomic mass is 10.0. The van der Waals surface area contributed by atoms with Crippen LogP contribution >= 0.6 is 0 Å². The summed E-state index contributed by atoms with van der Waals surface area (Å²) in [5.74, 6) is 0. The Morgan fingerprint density at radius 1 is 0.564 bits per heavy atom. The zero-order valence-corrected chi connectivity index (χ0v) is 35.3. The molecule has 3 aliphatic rings. The summed E-state index contributed by atoms with van der Waals surface area (Å²) in [6.07, 6.45) is 6.71. The van der Waals surface area contributed by atoms with E-state index in [0.29, 0.717) is 24.2 Å². The van der Waals surface area contributed by atoms with E-state index in [1.165, 1.54) is 34.7 Å². The number of aliphatic hydroxyl groups excluding tert-OH is 1. The van der Waals surface area contributed by atoms with Crippen molar-refractivity contribution in [2.24, 2.45) is 5.73 Å². The minimum absolute atomic E-state index is 0.0569. The van der Waals surface area contributed by atoms with Gasteiger partial charge in [0.1, 0.15) is 0 Å². The number of benzene rings is 3. The van der Waals surface area contributed by atoms with E-state index in [2.05, 4.69) is 138 Å². The van der Waals surface area contributed by atoms with Crippen LogP contribution in [0.5, 0.6) is 0 Å². The monoisotopic (exact) mass is 779 g/mol. The molecule has 0 bridgehead atoms. The van der Waals surface area contributed by atoms with Crippen molar-refractivity contribution in [1.82, 2.24) is 4.72 Å². The van der Waals surface area contributed by atoms with E-state index >= 15 is 0 Å². The number of hydrogen-bond acceptors (Lipinski definition) is 10. The summed E-state index contributed by atoms with van der Waals surface area (Å²) in [6.45, 7) is 18.6. The molecule has 0 aromatic heterocycles. The normalized spacial score (nSPS) is 17.4. The first-order valence-corrected chi connectivity index (χ1v) is 22.3. The van der Waals surface area contributed by atoms with Crippen LogP contribution in [0.1, 0.15) is 80.1 Å². The first-order chi connectivity index (χ1) is 26.2. The van der Waals surface area contributed by atoms with E-state index in [9.17, 15) is 13.5 Å². The predicted octanol–water partition coefficient (Wildman–Crippen LogP) is 6.93. The number of para-hydroxylation sites is 6. The maximum absolute atomic E-state index is 11.3. The Hall–Kier alpha value is -3.71. The van der Waals surface area contributed by atoms with Gasteiger partial charge in [0.25, 0.3) is 0 Å². The fourth-order valence-electron chi connectivity index (χ4n) is 7.34. The number of hydrogen-bond donors (Lipinski definition) is 6. The lowest BCUT2D eigenvalue weighted by Gasteiger charge is -2.35. The van der Waals surface area contributed by atoms with Gasteiger partial charge in [-0.3, -0.25) is 0 Å². The Balaban J connectivity index is 0.000000185. The number of nitrogens with one attached hydrogen (secondary N) is 4. The Kier molecular flexibility index (Phi) is 17.2. The van der Waals surface area contributed by atoms with Gasteiger partial charge in [-0.2, -0.15) is 0 Å². The van der Waals surface area contributed by atoms with Gasteiger partial charge in [0.2, 0.25) is 10.0 Å². The topological polar surface area (TPSA) is 138 Å². The van der Waals surface area contributed by atoms with Gasteiger partial charge in [-0.25, -0.2) is 13.1 Å². The number of sulfonamides is 1. The molecule has 3 aliphatic heterocycles. The molecule has 55 heavy (non-hydrogen) atoms. The van der Waals surface area contributed by atoms with Crippen LogP contribution in [-0.4, -0.2) is 95.4 Å². The zero-order chi connectivity index (χ0) is 40.0. The summed E-state index contributed by atoms with van der Waals surface area (Å²) in [5.41, 5.74) is 13.3. The number of nitrogens with zero attached hydrogens (tertiary/aromatic N) is 3. The molecule has 7 N–H and O–H groups in total. The molecule has 306 valence electrons. The molecular weight excluding hydrogens is 709 g/mol. The maximum atomic E-state index is 11.3. The first-order valence-electron chi connectivity index (χ1n) is 20.4. The van der Waals surface area contributed by atoms with E-state index in [-0.39, 0.29) is 12.1 Å². The number of aliphatic hydroxyl groups is 1. The fraction of sp³-hybridized carbons (Fsp3) is 0.581. The number of piperidine rings is 3. The molecule has 3 fully saturated rings. The first kappa shape index (κ1) is 44.0. The average molecular weight is 779 g/mol. The van der Waals surface area contributed by atoms with Crippen molar-refractivity contribution in [3.63, 3.8) is 0 Å². The van der Waals surface area contributed by atoms with Crippen LogP contribution in [0.15, 0.2) is 72.8 Å². The molecule has 6 rings (SSSR count). The molecule has 0 radical (unpaired) electrons. The second-order valence-corrected chi connectivity index (χ2v) is 17.9. The molecule has 0 aliphatic carbocycles. The van der Waals surface area contributed by atoms with Crippen molar-refractivity contribution < 1.29 is 13.5 Å². The van der Waals surface area contributed by atoms with Crippen LogP contribution in [0, 0.1) is 0 Å². The lowest BCUT2D eigenvalue weighted by Crippen LogP contribution is -2.44. The smallest absolute Gasteiger partial charge is 0.208 e. The van der Waals surface area contributed by atoms with E-state index < -0.39 is 10.0 Å². The standard InChI is InChI=1S/C15H25N3O2S.C14H23N3.C14H22N2O/c1-12(2)16-14-6-4-5-7-15(14)18-10-8-13(9-11-18)17-21(3,19)20;1-11(2)16-13-5-3-4-6-14(13)17-9-7-12(15)8-10-17;1-11(2)15-13-5-3-4-6-14(13)16-9-7-12(17)8-10-16/h4-7,12-13,16-17H,8-11H2,1-3H3;3-6,11-12,16H,7-10,15H2,1-2H3;3-6,11-12,15,17H,7-10H2,1-2H3. The highest BCUT2D eigenvalue weighted by Crippen LogP contribution is 2.31. The molecule has 3 aromatic rings. The molecular formula is C43H70N8O3S. The largest absolute Gasteiger partial charge is 0.393 e. The predicted molar refractivity (Wildman–Crippen MR) is 236 cm³/mol. The van der Waals surface area contributed by atoms with Gasteiger partial charge in [0.15, 0.2) is 0 Å². The molecule has 12 heteroatoms. The van der Waals surface area contributed by atoms with Crippen LogP contribution < -0.4 is 41.1 Å². The molecule has 3 saturated heterocycles. The summed E-state index contributed by atoms with van der Waals surface area (Å²) in [4.78, 5) is 7.12. The van der Waals surface area contributed by atoms with E-state index in [4.69, 9.17) is 5.73 Å². The minimum atomic E-state index is -3.11. The number of anilines is 6. The number of rotatable bonds is 11. The van der Waals surface area contributed by atoms with E-state index in [1.807, 2.05) is 12.1 Å². The van der Waals surface area contributed by atoms with Crippen molar-refractivity contribution >= 4 is 44.1 Å². The number of nitrogens with two attached hydrogens (primary N) is 1. The minimum Gasteiger partial charge on any atom is -0.393 e. The summed E-state index contributed by atoms with van der Waals surface area (Å²) in [7, 11) is -3.11. The van der Waals surface area contributed by atoms with Crippen molar-refractivity contribution in [2.45, 2.75) is 116 Å². The van der Waals surface area contributed by atoms with Crippen molar-refractivity contribution in [2.75, 3.05) is 76.2 Å². The molecule has 11 nitrogen and oxygen atoms in total. The van der Waals surface area contributed by atoms with E-state index in [0.717, 1.165) is 83.5 Å². The Labute approximate surface area is 332 Å². The van der Waals surface area contributed by atoms with Crippen molar-refractivity contribution in [3.05, 3.63) is 72.8 Å². The Morgan fingerprint density at radius 3 is 1.20 bits per heavy atom. The zero-order valence-electron chi connectivity index (χ0n) is 34.5. The van der Waals surface area contributed by atoms with Crippen LogP contribution in [0.25, 0.3) is 0 Å². The molecule has 0 unspecified atom stereocenters. The van der Waals surface area contributed by atoms with Crippen molar-refractivity contribution in [3.8, 4) is 0 Å². The highest BCUT2D eigenvalue weighted by molar-refractivity contribution is 7.88. The van der Waals surface area contributed by atoms with E-state index in [1.54, 1.807) is 0 Å². The van der Waals surface area contributed by atoms with Gasteiger partial charge in [0.05, 0.1) is 46.5 Å². The molecule has 0 saturated carbocycles. The second kappa shape index (κ2) is 21.6. The third kappa shape index (κ3) is 15.0. The van der Waals surface area contributed by atoms with Gasteiger partial charge >= 0.3 is 0 Å². The molecule has 0 atom stereocenters. The average Bonchev–Trinajstić information content (AvgIpc) is 3.13. The van der Waals surface area contributed by atoms with Crippen LogP contribution in [0.3, 0.4) is 0 Å². The fourth-order valence-corrected chi connectivity index (χ4v) is 8.18. The quantitative estimate of drug-likeness (QED) is 0.122. The van der Waals surface area contributed by atoms with Crippen LogP contribution in [0.2, 0.25) is 0 Å². The van der Waals surface area contributed by atoms with Gasteiger partial charge in [-0.1, -0.05) is 36.4 Å². The Bertz CT molecular complexity index is 1590. The Morgan fingerprint density at radius 2 is 0.873 bits per heavy atom. The van der Waals surface area contributed by atoms with Gasteiger partial charge in [-0.15, -0.1) is 0 Å². The SMILES string of the molecule is CC(C)Nc1ccccc1N1CCC(N)CC1.CC(C)Nc1ccccc1N1CCC(NS(C)(=O)=O)CC1.CC(C)Nc1ccccc1N1CCC(O)CC1. The molecule has 3 aromatic carbocycles. The summed E-state index contributed by atoms with van der Waals surface area (Å²) < 4.78 is 25.3. The molecule has 0 amide bonds. The second-order valence-electron chi connectivity index (χ2n) is 16.1. The molecule has 3 heterocycles. The van der Waals surface area contributed by atoms with Crippen molar-refractivity contribution in [1.29, 1.82) is 0 Å². The third-order valence-electron chi connectivity index (χ3n) is 9.95. The highest BCUT2D eigenvalue weighted by Gasteiger charge is 2.24. The summed E-state index contributed by atoms with van der Waals surface area (Å²) >= 11 is 0. The summed E-state index contributed by atoms with van der Waals surface area (Å²) in [5, 5.41) is 20.0. The van der Waals surface area contributed by atoms with Gasteiger partial charge in [-0.05, 0) is 116 Å². The van der Waals surface area contributed by atoms with Crippen LogP contribution in [-0.2, 0) is 10.0 Å². The maximum Gasteiger partial charge on any atom is 0.208 e. The summed E-state index contributed by atoms with van der Waals surface area (Å²) in [6, 6.07) is 27.0. The third-order valence-corrected chi connectivity index (χ3v) is 10.7. The highest BCUT2D eigenvalue weighted by atomic mass is 32.2.